The van der Waals surface area contributed by atoms with Gasteiger partial charge in [0, 0.05) is 24.2 Å². The van der Waals surface area contributed by atoms with Crippen molar-refractivity contribution in [3.8, 4) is 0 Å². The summed E-state index contributed by atoms with van der Waals surface area (Å²) in [5, 5.41) is 2.66. The lowest BCUT2D eigenvalue weighted by atomic mass is 10.2. The zero-order valence-corrected chi connectivity index (χ0v) is 11.9. The van der Waals surface area contributed by atoms with Gasteiger partial charge >= 0.3 is 0 Å². The van der Waals surface area contributed by atoms with E-state index in [1.807, 2.05) is 6.92 Å². The van der Waals surface area contributed by atoms with Crippen molar-refractivity contribution in [1.29, 1.82) is 0 Å². The van der Waals surface area contributed by atoms with Crippen molar-refractivity contribution in [2.45, 2.75) is 19.8 Å². The first-order valence-electron chi connectivity index (χ1n) is 5.96. The van der Waals surface area contributed by atoms with Crippen molar-refractivity contribution in [2.24, 2.45) is 0 Å². The van der Waals surface area contributed by atoms with Gasteiger partial charge in [-0.2, -0.15) is 0 Å². The van der Waals surface area contributed by atoms with Gasteiger partial charge in [0.05, 0.1) is 5.56 Å². The third kappa shape index (κ3) is 5.14. The summed E-state index contributed by atoms with van der Waals surface area (Å²) in [6, 6.07) is 4.30. The Morgan fingerprint density at radius 1 is 1.44 bits per heavy atom. The molecular formula is C13H17BrFNO2. The quantitative estimate of drug-likeness (QED) is 0.785. The lowest BCUT2D eigenvalue weighted by Crippen LogP contribution is -2.26. The molecule has 0 bridgehead atoms. The first-order chi connectivity index (χ1) is 8.65. The SMILES string of the molecule is CCCOCCCNC(=O)c1cc(Br)ccc1F. The number of halogens is 2. The molecule has 0 heterocycles. The second-order valence-corrected chi connectivity index (χ2v) is 4.76. The number of carbonyl (C=O) groups is 1. The van der Waals surface area contributed by atoms with Gasteiger partial charge < -0.3 is 10.1 Å². The molecule has 5 heteroatoms. The number of benzene rings is 1. The van der Waals surface area contributed by atoms with Crippen LogP contribution in [0.25, 0.3) is 0 Å². The molecule has 0 saturated carbocycles. The molecule has 18 heavy (non-hydrogen) atoms. The number of hydrogen-bond acceptors (Lipinski definition) is 2. The van der Waals surface area contributed by atoms with Crippen LogP contribution in [0.2, 0.25) is 0 Å². The predicted octanol–water partition coefficient (Wildman–Crippen LogP) is 3.13. The maximum Gasteiger partial charge on any atom is 0.254 e. The molecular weight excluding hydrogens is 301 g/mol. The van der Waals surface area contributed by atoms with Crippen LogP contribution in [0, 0.1) is 5.82 Å². The van der Waals surface area contributed by atoms with Crippen molar-refractivity contribution in [3.63, 3.8) is 0 Å². The summed E-state index contributed by atoms with van der Waals surface area (Å²) in [5.74, 6) is -0.915. The molecule has 0 atom stereocenters. The maximum atomic E-state index is 13.4. The molecule has 1 aromatic carbocycles. The average Bonchev–Trinajstić information content (AvgIpc) is 2.36. The molecule has 3 nitrogen and oxygen atoms in total. The number of amides is 1. The number of rotatable bonds is 7. The van der Waals surface area contributed by atoms with E-state index in [0.29, 0.717) is 17.6 Å². The fraction of sp³-hybridized carbons (Fsp3) is 0.462. The molecule has 0 unspecified atom stereocenters. The van der Waals surface area contributed by atoms with Gasteiger partial charge in [-0.25, -0.2) is 4.39 Å². The summed E-state index contributed by atoms with van der Waals surface area (Å²) in [4.78, 5) is 11.7. The molecule has 0 radical (unpaired) electrons. The van der Waals surface area contributed by atoms with Crippen LogP contribution in [-0.2, 0) is 4.74 Å². The Morgan fingerprint density at radius 2 is 2.22 bits per heavy atom. The highest BCUT2D eigenvalue weighted by Crippen LogP contribution is 2.15. The zero-order valence-electron chi connectivity index (χ0n) is 10.3. The molecule has 0 spiro atoms. The number of ether oxygens (including phenoxy) is 1. The van der Waals surface area contributed by atoms with Crippen LogP contribution in [0.5, 0.6) is 0 Å². The molecule has 0 aliphatic heterocycles. The van der Waals surface area contributed by atoms with Crippen LogP contribution in [0.3, 0.4) is 0 Å². The maximum absolute atomic E-state index is 13.4. The van der Waals surface area contributed by atoms with E-state index in [0.717, 1.165) is 19.4 Å². The second kappa shape index (κ2) is 8.21. The van der Waals surface area contributed by atoms with E-state index < -0.39 is 11.7 Å². The predicted molar refractivity (Wildman–Crippen MR) is 72.2 cm³/mol. The smallest absolute Gasteiger partial charge is 0.254 e. The van der Waals surface area contributed by atoms with E-state index >= 15 is 0 Å². The van der Waals surface area contributed by atoms with Crippen LogP contribution >= 0.6 is 15.9 Å². The second-order valence-electron chi connectivity index (χ2n) is 3.85. The normalized spacial score (nSPS) is 10.4. The summed E-state index contributed by atoms with van der Waals surface area (Å²) in [6.45, 7) is 3.86. The van der Waals surface area contributed by atoms with Gasteiger partial charge in [0.1, 0.15) is 5.82 Å². The number of carbonyl (C=O) groups excluding carboxylic acids is 1. The lowest BCUT2D eigenvalue weighted by molar-refractivity contribution is 0.0937. The van der Waals surface area contributed by atoms with E-state index in [-0.39, 0.29) is 5.56 Å². The van der Waals surface area contributed by atoms with E-state index in [2.05, 4.69) is 21.2 Å². The van der Waals surface area contributed by atoms with Crippen molar-refractivity contribution >= 4 is 21.8 Å². The van der Waals surface area contributed by atoms with Gasteiger partial charge in [-0.1, -0.05) is 22.9 Å². The highest BCUT2D eigenvalue weighted by molar-refractivity contribution is 9.10. The fourth-order valence-electron chi connectivity index (χ4n) is 1.39. The summed E-state index contributed by atoms with van der Waals surface area (Å²) in [7, 11) is 0. The van der Waals surface area contributed by atoms with Gasteiger partial charge in [0.25, 0.3) is 5.91 Å². The van der Waals surface area contributed by atoms with Crippen LogP contribution < -0.4 is 5.32 Å². The van der Waals surface area contributed by atoms with Gasteiger partial charge in [-0.05, 0) is 31.0 Å². The number of hydrogen-bond donors (Lipinski definition) is 1. The van der Waals surface area contributed by atoms with Crippen LogP contribution in [0.15, 0.2) is 22.7 Å². The van der Waals surface area contributed by atoms with Crippen molar-refractivity contribution in [1.82, 2.24) is 5.32 Å². The fourth-order valence-corrected chi connectivity index (χ4v) is 1.75. The molecule has 0 saturated heterocycles. The van der Waals surface area contributed by atoms with Crippen molar-refractivity contribution in [3.05, 3.63) is 34.1 Å². The number of nitrogens with one attached hydrogen (secondary N) is 1. The Bertz CT molecular complexity index is 399. The van der Waals surface area contributed by atoms with E-state index in [4.69, 9.17) is 4.74 Å². The molecule has 1 amide bonds. The van der Waals surface area contributed by atoms with Gasteiger partial charge in [0.2, 0.25) is 0 Å². The third-order valence-electron chi connectivity index (χ3n) is 2.27. The minimum absolute atomic E-state index is 0.0545. The Labute approximate surface area is 115 Å². The molecule has 0 aliphatic rings. The molecule has 1 aromatic rings. The third-order valence-corrected chi connectivity index (χ3v) is 2.77. The van der Waals surface area contributed by atoms with E-state index in [9.17, 15) is 9.18 Å². The molecule has 100 valence electrons. The molecule has 1 N–H and O–H groups in total. The first-order valence-corrected chi connectivity index (χ1v) is 6.75. The van der Waals surface area contributed by atoms with Crippen molar-refractivity contribution < 1.29 is 13.9 Å². The largest absolute Gasteiger partial charge is 0.381 e. The molecule has 0 aromatic heterocycles. The zero-order chi connectivity index (χ0) is 13.4. The van der Waals surface area contributed by atoms with Gasteiger partial charge in [-0.15, -0.1) is 0 Å². The highest BCUT2D eigenvalue weighted by Gasteiger charge is 2.11. The average molecular weight is 318 g/mol. The van der Waals surface area contributed by atoms with Gasteiger partial charge in [-0.3, -0.25) is 4.79 Å². The van der Waals surface area contributed by atoms with Crippen LogP contribution in [-0.4, -0.2) is 25.7 Å². The van der Waals surface area contributed by atoms with E-state index in [1.165, 1.54) is 12.1 Å². The summed E-state index contributed by atoms with van der Waals surface area (Å²) in [5.41, 5.74) is 0.0545. The first kappa shape index (κ1) is 15.1. The van der Waals surface area contributed by atoms with E-state index in [1.54, 1.807) is 6.07 Å². The van der Waals surface area contributed by atoms with Crippen LogP contribution in [0.4, 0.5) is 4.39 Å². The van der Waals surface area contributed by atoms with Crippen molar-refractivity contribution in [2.75, 3.05) is 19.8 Å². The topological polar surface area (TPSA) is 38.3 Å². The standard InChI is InChI=1S/C13H17BrFNO2/c1-2-7-18-8-3-6-16-13(17)11-9-10(14)4-5-12(11)15/h4-5,9H,2-3,6-8H2,1H3,(H,16,17). The summed E-state index contributed by atoms with van der Waals surface area (Å²) >= 11 is 3.21. The van der Waals surface area contributed by atoms with Gasteiger partial charge in [0.15, 0.2) is 0 Å². The monoisotopic (exact) mass is 317 g/mol. The molecule has 0 aliphatic carbocycles. The Kier molecular flexibility index (Phi) is 6.90. The highest BCUT2D eigenvalue weighted by atomic mass is 79.9. The minimum atomic E-state index is -0.516. The Balaban J connectivity index is 2.34. The molecule has 0 fully saturated rings. The lowest BCUT2D eigenvalue weighted by Gasteiger charge is -2.07. The summed E-state index contributed by atoms with van der Waals surface area (Å²) in [6.07, 6.45) is 1.71. The Hall–Kier alpha value is -0.940. The Morgan fingerprint density at radius 3 is 2.94 bits per heavy atom. The minimum Gasteiger partial charge on any atom is -0.381 e. The van der Waals surface area contributed by atoms with Crippen LogP contribution in [0.1, 0.15) is 30.1 Å². The molecule has 1 rings (SSSR count). The summed E-state index contributed by atoms with van der Waals surface area (Å²) < 4.78 is 19.4.